The summed E-state index contributed by atoms with van der Waals surface area (Å²) in [6.07, 6.45) is -0.567. The third-order valence-electron chi connectivity index (χ3n) is 0.783. The molecule has 0 aliphatic heterocycles. The number of rotatable bonds is 4. The smallest absolute Gasteiger partial charge is 0.117 e. The molecular weight excluding hydrogens is 108 g/mol. The summed E-state index contributed by atoms with van der Waals surface area (Å²) in [7, 11) is 1.64. The minimum absolute atomic E-state index is 0.0985. The molecule has 4 N–H and O–H groups in total. The third kappa shape index (κ3) is 4.01. The van der Waals surface area contributed by atoms with Gasteiger partial charge in [0.2, 0.25) is 0 Å². The van der Waals surface area contributed by atoms with Crippen molar-refractivity contribution < 1.29 is 10.2 Å². The third-order valence-corrected chi connectivity index (χ3v) is 0.783. The first-order valence-electron chi connectivity index (χ1n) is 2.48. The Balaban J connectivity index is 2.86. The molecule has 0 heterocycles. The number of aliphatic hydroxyl groups excluding tert-OH is 2. The average Bonchev–Trinajstić information content (AvgIpc) is 1.83. The predicted molar refractivity (Wildman–Crippen MR) is 30.2 cm³/mol. The van der Waals surface area contributed by atoms with E-state index in [4.69, 9.17) is 10.2 Å². The topological polar surface area (TPSA) is 64.5 Å². The second-order valence-corrected chi connectivity index (χ2v) is 1.42. The van der Waals surface area contributed by atoms with Gasteiger partial charge >= 0.3 is 0 Å². The van der Waals surface area contributed by atoms with Gasteiger partial charge in [-0.3, -0.25) is 10.6 Å². The molecular formula is C4H12N2O2. The Morgan fingerprint density at radius 3 is 2.62 bits per heavy atom. The lowest BCUT2D eigenvalue weighted by Crippen LogP contribution is -2.36. The zero-order valence-electron chi connectivity index (χ0n) is 4.89. The van der Waals surface area contributed by atoms with Crippen molar-refractivity contribution in [2.24, 2.45) is 0 Å². The number of hydrogen-bond acceptors (Lipinski definition) is 4. The van der Waals surface area contributed by atoms with Crippen molar-refractivity contribution in [2.45, 2.75) is 6.23 Å². The molecule has 0 fully saturated rings. The van der Waals surface area contributed by atoms with Gasteiger partial charge in [-0.2, -0.15) is 0 Å². The summed E-state index contributed by atoms with van der Waals surface area (Å²) in [5.41, 5.74) is 0. The van der Waals surface area contributed by atoms with Gasteiger partial charge in [-0.25, -0.2) is 0 Å². The molecule has 1 unspecified atom stereocenters. The van der Waals surface area contributed by atoms with Crippen molar-refractivity contribution in [3.05, 3.63) is 0 Å². The maximum atomic E-state index is 8.70. The highest BCUT2D eigenvalue weighted by molar-refractivity contribution is 4.48. The largest absolute Gasteiger partial charge is 0.381 e. The SMILES string of the molecule is CNC(O)CNCO. The first-order valence-corrected chi connectivity index (χ1v) is 2.48. The molecule has 0 aliphatic rings. The van der Waals surface area contributed by atoms with E-state index in [1.165, 1.54) is 0 Å². The molecule has 0 rings (SSSR count). The summed E-state index contributed by atoms with van der Waals surface area (Å²) in [4.78, 5) is 0. The van der Waals surface area contributed by atoms with Crippen LogP contribution in [-0.2, 0) is 0 Å². The number of nitrogens with one attached hydrogen (secondary N) is 2. The van der Waals surface area contributed by atoms with Crippen LogP contribution in [-0.4, -0.2) is 36.8 Å². The van der Waals surface area contributed by atoms with E-state index in [1.807, 2.05) is 0 Å². The monoisotopic (exact) mass is 120 g/mol. The Kier molecular flexibility index (Phi) is 4.89. The van der Waals surface area contributed by atoms with Gasteiger partial charge < -0.3 is 10.2 Å². The van der Waals surface area contributed by atoms with E-state index < -0.39 is 6.23 Å². The molecule has 50 valence electrons. The van der Waals surface area contributed by atoms with E-state index in [0.29, 0.717) is 6.54 Å². The second-order valence-electron chi connectivity index (χ2n) is 1.42. The van der Waals surface area contributed by atoms with Crippen molar-refractivity contribution in [1.29, 1.82) is 0 Å². The van der Waals surface area contributed by atoms with Crippen LogP contribution in [0.3, 0.4) is 0 Å². The second kappa shape index (κ2) is 4.99. The van der Waals surface area contributed by atoms with E-state index in [1.54, 1.807) is 7.05 Å². The first kappa shape index (κ1) is 7.84. The summed E-state index contributed by atoms with van der Waals surface area (Å²) in [5.74, 6) is 0. The van der Waals surface area contributed by atoms with Crippen LogP contribution in [0.5, 0.6) is 0 Å². The molecule has 0 saturated carbocycles. The molecule has 0 radical (unpaired) electrons. The molecule has 0 spiro atoms. The molecule has 0 aromatic carbocycles. The number of hydrogen-bond donors (Lipinski definition) is 4. The molecule has 4 nitrogen and oxygen atoms in total. The Labute approximate surface area is 48.5 Å². The Bertz CT molecular complexity index is 51.3. The summed E-state index contributed by atoms with van der Waals surface area (Å²) in [5, 5.41) is 22.0. The fourth-order valence-electron chi connectivity index (χ4n) is 0.303. The van der Waals surface area contributed by atoms with Gasteiger partial charge in [0.25, 0.3) is 0 Å². The normalized spacial score (nSPS) is 13.9. The summed E-state index contributed by atoms with van der Waals surface area (Å²) in [6, 6.07) is 0. The van der Waals surface area contributed by atoms with E-state index in [9.17, 15) is 0 Å². The van der Waals surface area contributed by atoms with Crippen molar-refractivity contribution in [1.82, 2.24) is 10.6 Å². The summed E-state index contributed by atoms with van der Waals surface area (Å²) >= 11 is 0. The Hall–Kier alpha value is -0.160. The van der Waals surface area contributed by atoms with Gasteiger partial charge in [0.15, 0.2) is 0 Å². The van der Waals surface area contributed by atoms with Crippen LogP contribution in [0.2, 0.25) is 0 Å². The van der Waals surface area contributed by atoms with E-state index in [-0.39, 0.29) is 6.73 Å². The van der Waals surface area contributed by atoms with E-state index >= 15 is 0 Å². The van der Waals surface area contributed by atoms with Crippen molar-refractivity contribution in [3.63, 3.8) is 0 Å². The molecule has 1 atom stereocenters. The van der Waals surface area contributed by atoms with Gasteiger partial charge in [0, 0.05) is 6.54 Å². The van der Waals surface area contributed by atoms with Gasteiger partial charge in [-0.05, 0) is 7.05 Å². The molecule has 8 heavy (non-hydrogen) atoms. The molecule has 0 bridgehead atoms. The molecule has 0 amide bonds. The van der Waals surface area contributed by atoms with Crippen molar-refractivity contribution in [2.75, 3.05) is 20.3 Å². The van der Waals surface area contributed by atoms with Crippen LogP contribution < -0.4 is 10.6 Å². The lowest BCUT2D eigenvalue weighted by Gasteiger charge is -2.07. The highest BCUT2D eigenvalue weighted by atomic mass is 16.3. The lowest BCUT2D eigenvalue weighted by molar-refractivity contribution is 0.130. The highest BCUT2D eigenvalue weighted by Gasteiger charge is 1.94. The standard InChI is InChI=1S/C4H12N2O2/c1-5-4(8)2-6-3-7/h4-8H,2-3H2,1H3. The quantitative estimate of drug-likeness (QED) is 0.326. The number of aliphatic hydroxyl groups is 2. The Morgan fingerprint density at radius 1 is 1.62 bits per heavy atom. The van der Waals surface area contributed by atoms with Crippen molar-refractivity contribution >= 4 is 0 Å². The summed E-state index contributed by atoms with van der Waals surface area (Å²) in [6.45, 7) is 0.270. The first-order chi connectivity index (χ1) is 3.81. The predicted octanol–water partition coefficient (Wildman–Crippen LogP) is -1.94. The minimum atomic E-state index is -0.567. The highest BCUT2D eigenvalue weighted by Crippen LogP contribution is 1.66. The average molecular weight is 120 g/mol. The molecule has 0 aromatic heterocycles. The zero-order valence-corrected chi connectivity index (χ0v) is 4.89. The van der Waals surface area contributed by atoms with E-state index in [2.05, 4.69) is 10.6 Å². The Morgan fingerprint density at radius 2 is 2.25 bits per heavy atom. The maximum absolute atomic E-state index is 8.70. The van der Waals surface area contributed by atoms with Crippen LogP contribution in [0.4, 0.5) is 0 Å². The molecule has 0 aliphatic carbocycles. The van der Waals surface area contributed by atoms with Crippen LogP contribution in [0.25, 0.3) is 0 Å². The molecule has 0 aromatic rings. The van der Waals surface area contributed by atoms with Gasteiger partial charge in [0.05, 0.1) is 6.73 Å². The molecule has 0 saturated heterocycles. The minimum Gasteiger partial charge on any atom is -0.381 e. The maximum Gasteiger partial charge on any atom is 0.117 e. The fourth-order valence-corrected chi connectivity index (χ4v) is 0.303. The molecule has 4 heteroatoms. The van der Waals surface area contributed by atoms with Gasteiger partial charge in [0.1, 0.15) is 6.23 Å². The van der Waals surface area contributed by atoms with Crippen LogP contribution >= 0.6 is 0 Å². The lowest BCUT2D eigenvalue weighted by atomic mass is 10.5. The zero-order chi connectivity index (χ0) is 6.41. The van der Waals surface area contributed by atoms with Gasteiger partial charge in [-0.15, -0.1) is 0 Å². The summed E-state index contributed by atoms with van der Waals surface area (Å²) < 4.78 is 0. The van der Waals surface area contributed by atoms with Crippen LogP contribution in [0.15, 0.2) is 0 Å². The van der Waals surface area contributed by atoms with E-state index in [0.717, 1.165) is 0 Å². The van der Waals surface area contributed by atoms with Crippen molar-refractivity contribution in [3.8, 4) is 0 Å². The van der Waals surface area contributed by atoms with Crippen LogP contribution in [0, 0.1) is 0 Å². The fraction of sp³-hybridized carbons (Fsp3) is 1.00. The number of likely N-dealkylation sites (N-methyl/N-ethyl adjacent to an activating group) is 1. The van der Waals surface area contributed by atoms with Gasteiger partial charge in [-0.1, -0.05) is 0 Å². The van der Waals surface area contributed by atoms with Crippen LogP contribution in [0.1, 0.15) is 0 Å².